The molecular formula is C28H41N7O2Si. The molecule has 0 spiro atoms. The summed E-state index contributed by atoms with van der Waals surface area (Å²) in [5, 5.41) is 4.45. The van der Waals surface area contributed by atoms with Crippen LogP contribution in [-0.2, 0) is 16.2 Å². The van der Waals surface area contributed by atoms with Crippen LogP contribution in [-0.4, -0.2) is 57.7 Å². The number of rotatable bonds is 5. The van der Waals surface area contributed by atoms with E-state index < -0.39 is 8.32 Å². The van der Waals surface area contributed by atoms with Gasteiger partial charge in [-0.05, 0) is 51.2 Å². The number of aromatic nitrogens is 6. The highest BCUT2D eigenvalue weighted by atomic mass is 28.4. The lowest BCUT2D eigenvalue weighted by Gasteiger charge is -2.39. The zero-order valence-corrected chi connectivity index (χ0v) is 25.1. The summed E-state index contributed by atoms with van der Waals surface area (Å²) in [6.45, 7) is 17.4. The number of fused-ring (bicyclic) bond motifs is 1. The van der Waals surface area contributed by atoms with Crippen LogP contribution in [0, 0.1) is 13.8 Å². The van der Waals surface area contributed by atoms with Crippen molar-refractivity contribution in [2.45, 2.75) is 84.5 Å². The van der Waals surface area contributed by atoms with Gasteiger partial charge in [-0.25, -0.2) is 15.0 Å². The van der Waals surface area contributed by atoms with Crippen molar-refractivity contribution in [3.05, 3.63) is 40.8 Å². The highest BCUT2D eigenvalue weighted by Gasteiger charge is 2.40. The first-order chi connectivity index (χ1) is 17.9. The number of hydrogen-bond acceptors (Lipinski definition) is 8. The second-order valence-electron chi connectivity index (χ2n) is 12.2. The van der Waals surface area contributed by atoms with Gasteiger partial charge < -0.3 is 14.1 Å². The first-order valence-corrected chi connectivity index (χ1v) is 16.6. The van der Waals surface area contributed by atoms with Crippen LogP contribution in [0.25, 0.3) is 16.7 Å². The fourth-order valence-electron chi connectivity index (χ4n) is 4.79. The number of anilines is 1. The molecule has 1 fully saturated rings. The van der Waals surface area contributed by atoms with Gasteiger partial charge in [-0.15, -0.1) is 0 Å². The van der Waals surface area contributed by atoms with Gasteiger partial charge in [0, 0.05) is 37.3 Å². The molecule has 204 valence electrons. The number of allylic oxidation sites excluding steroid dienone is 2. The summed E-state index contributed by atoms with van der Waals surface area (Å²) in [6, 6.07) is 0. The van der Waals surface area contributed by atoms with E-state index in [1.54, 1.807) is 0 Å². The quantitative estimate of drug-likeness (QED) is 0.387. The van der Waals surface area contributed by atoms with Gasteiger partial charge in [0.25, 0.3) is 0 Å². The van der Waals surface area contributed by atoms with Gasteiger partial charge in [0.15, 0.2) is 5.65 Å². The van der Waals surface area contributed by atoms with Gasteiger partial charge in [-0.3, -0.25) is 4.68 Å². The summed E-state index contributed by atoms with van der Waals surface area (Å²) in [5.74, 6) is 1.76. The molecule has 1 saturated heterocycles. The highest BCUT2D eigenvalue weighted by molar-refractivity contribution is 6.74. The molecule has 1 aliphatic carbocycles. The van der Waals surface area contributed by atoms with E-state index >= 15 is 0 Å². The molecule has 3 aromatic heterocycles. The summed E-state index contributed by atoms with van der Waals surface area (Å²) >= 11 is 0. The molecule has 1 aliphatic heterocycles. The lowest BCUT2D eigenvalue weighted by Crippen LogP contribution is -2.41. The number of ether oxygens (including phenoxy) is 1. The van der Waals surface area contributed by atoms with Crippen molar-refractivity contribution in [2.24, 2.45) is 7.05 Å². The molecule has 0 aromatic carbocycles. The number of morpholine rings is 1. The van der Waals surface area contributed by atoms with Gasteiger partial charge >= 0.3 is 0 Å². The summed E-state index contributed by atoms with van der Waals surface area (Å²) in [5.41, 5.74) is 6.30. The zero-order valence-electron chi connectivity index (χ0n) is 24.1. The van der Waals surface area contributed by atoms with Crippen LogP contribution in [0.5, 0.6) is 0 Å². The Morgan fingerprint density at radius 3 is 2.47 bits per heavy atom. The minimum absolute atomic E-state index is 0.0857. The fraction of sp³-hybridized carbons (Fsp3) is 0.607. The lowest BCUT2D eigenvalue weighted by atomic mass is 9.94. The molecule has 10 heteroatoms. The van der Waals surface area contributed by atoms with Gasteiger partial charge in [0.1, 0.15) is 17.3 Å². The highest BCUT2D eigenvalue weighted by Crippen LogP contribution is 2.42. The van der Waals surface area contributed by atoms with Crippen LogP contribution in [0.15, 0.2) is 18.2 Å². The third-order valence-corrected chi connectivity index (χ3v) is 12.6. The lowest BCUT2D eigenvalue weighted by molar-refractivity contribution is 0.0392. The molecule has 38 heavy (non-hydrogen) atoms. The minimum atomic E-state index is -2.02. The molecule has 9 nitrogen and oxygen atoms in total. The predicted molar refractivity (Wildman–Crippen MR) is 152 cm³/mol. The normalized spacial score (nSPS) is 19.4. The molecule has 0 bridgehead atoms. The van der Waals surface area contributed by atoms with E-state index in [0.717, 1.165) is 59.6 Å². The molecule has 0 N–H and O–H groups in total. The molecular weight excluding hydrogens is 494 g/mol. The summed E-state index contributed by atoms with van der Waals surface area (Å²) in [6.07, 6.45) is 7.89. The smallest absolute Gasteiger partial charge is 0.250 e. The monoisotopic (exact) mass is 535 g/mol. The average molecular weight is 536 g/mol. The molecule has 3 aromatic rings. The van der Waals surface area contributed by atoms with Gasteiger partial charge in [-0.1, -0.05) is 20.8 Å². The molecule has 1 atom stereocenters. The van der Waals surface area contributed by atoms with Crippen molar-refractivity contribution >= 4 is 31.0 Å². The Kier molecular flexibility index (Phi) is 7.06. The van der Waals surface area contributed by atoms with Crippen molar-refractivity contribution in [2.75, 3.05) is 24.6 Å². The topological polar surface area (TPSA) is 91.1 Å². The number of hydrogen-bond donors (Lipinski definition) is 0. The van der Waals surface area contributed by atoms with E-state index in [1.807, 2.05) is 38.0 Å². The van der Waals surface area contributed by atoms with E-state index in [-0.39, 0.29) is 11.1 Å². The van der Waals surface area contributed by atoms with Crippen LogP contribution in [0.1, 0.15) is 75.2 Å². The fourth-order valence-corrected chi connectivity index (χ4v) is 5.94. The first kappa shape index (κ1) is 26.7. The minimum Gasteiger partial charge on any atom is -0.546 e. The summed E-state index contributed by atoms with van der Waals surface area (Å²) in [4.78, 5) is 22.2. The van der Waals surface area contributed by atoms with Crippen LogP contribution in [0.3, 0.4) is 0 Å². The molecule has 2 aliphatic rings. The first-order valence-electron chi connectivity index (χ1n) is 13.7. The third kappa shape index (κ3) is 5.20. The van der Waals surface area contributed by atoms with Crippen molar-refractivity contribution < 1.29 is 9.16 Å². The maximum absolute atomic E-state index is 6.94. The van der Waals surface area contributed by atoms with E-state index in [1.165, 1.54) is 5.57 Å². The molecule has 0 amide bonds. The van der Waals surface area contributed by atoms with Crippen molar-refractivity contribution in [1.29, 1.82) is 0 Å². The Morgan fingerprint density at radius 1 is 1.03 bits per heavy atom. The van der Waals surface area contributed by atoms with Crippen LogP contribution >= 0.6 is 0 Å². The third-order valence-electron chi connectivity index (χ3n) is 8.26. The average Bonchev–Trinajstić information content (AvgIpc) is 3.30. The summed E-state index contributed by atoms with van der Waals surface area (Å²) < 4.78 is 14.8. The molecule has 0 radical (unpaired) electrons. The Balaban J connectivity index is 1.61. The van der Waals surface area contributed by atoms with Crippen molar-refractivity contribution in [3.63, 3.8) is 0 Å². The van der Waals surface area contributed by atoms with Crippen LogP contribution < -0.4 is 4.90 Å². The Morgan fingerprint density at radius 2 is 1.76 bits per heavy atom. The van der Waals surface area contributed by atoms with Gasteiger partial charge in [-0.2, -0.15) is 10.1 Å². The van der Waals surface area contributed by atoms with Crippen LogP contribution in [0.2, 0.25) is 18.1 Å². The molecule has 0 saturated carbocycles. The maximum atomic E-state index is 6.94. The van der Waals surface area contributed by atoms with Crippen molar-refractivity contribution in [3.8, 4) is 0 Å². The largest absolute Gasteiger partial charge is 0.546 e. The molecule has 1 unspecified atom stereocenters. The van der Waals surface area contributed by atoms with E-state index in [2.05, 4.69) is 43.9 Å². The Bertz CT molecular complexity index is 1380. The summed E-state index contributed by atoms with van der Waals surface area (Å²) in [7, 11) is -0.0932. The Hall–Kier alpha value is -2.85. The molecule has 4 heterocycles. The molecule has 5 rings (SSSR count). The predicted octanol–water partition coefficient (Wildman–Crippen LogP) is 5.65. The number of nitrogens with zero attached hydrogens (tertiary/aromatic N) is 7. The Labute approximate surface area is 226 Å². The van der Waals surface area contributed by atoms with Crippen molar-refractivity contribution in [1.82, 2.24) is 29.7 Å². The SMILES string of the molecule is Cc1nc2nc(N3CCOC(c4cnn(C)c4)C3)nc(C3=C(O[Si](C)(C)C(C)(C)C)CCCC3)c2nc1C. The second kappa shape index (κ2) is 10.0. The van der Waals surface area contributed by atoms with E-state index in [9.17, 15) is 0 Å². The van der Waals surface area contributed by atoms with Gasteiger partial charge in [0.05, 0.1) is 36.5 Å². The van der Waals surface area contributed by atoms with Gasteiger partial charge in [0.2, 0.25) is 14.3 Å². The standard InChI is InChI=1S/C28H41N7O2Si/c1-18-19(2)31-26-25(30-18)24(21-11-9-10-12-22(21)37-38(7,8)28(3,4)5)32-27(33-26)35-13-14-36-23(17-35)20-15-29-34(6)16-20/h15-16,23H,9-14,17H2,1-8H3. The maximum Gasteiger partial charge on any atom is 0.250 e. The second-order valence-corrected chi connectivity index (χ2v) is 16.9. The van der Waals surface area contributed by atoms with E-state index in [0.29, 0.717) is 31.3 Å². The number of aryl methyl sites for hydroxylation is 3. The van der Waals surface area contributed by atoms with Crippen LogP contribution in [0.4, 0.5) is 5.95 Å². The zero-order chi connectivity index (χ0) is 27.2. The van der Waals surface area contributed by atoms with E-state index in [4.69, 9.17) is 29.1 Å².